The van der Waals surface area contributed by atoms with Crippen LogP contribution in [0.1, 0.15) is 25.5 Å². The molecule has 2 rings (SSSR count). The van der Waals surface area contributed by atoms with Gasteiger partial charge in [0.05, 0.1) is 0 Å². The van der Waals surface area contributed by atoms with Crippen LogP contribution in [0, 0.1) is 5.41 Å². The molecule has 1 aliphatic heterocycles. The summed E-state index contributed by atoms with van der Waals surface area (Å²) in [5.74, 6) is 0.282. The van der Waals surface area contributed by atoms with Gasteiger partial charge in [0.2, 0.25) is 0 Å². The SMILES string of the molecule is CC(C)(CO)[C@H](c1ccc(O)cc1)N1CCNCC1. The van der Waals surface area contributed by atoms with Crippen LogP contribution in [-0.4, -0.2) is 47.9 Å². The van der Waals surface area contributed by atoms with E-state index in [4.69, 9.17) is 0 Å². The number of hydrogen-bond donors (Lipinski definition) is 3. The van der Waals surface area contributed by atoms with E-state index < -0.39 is 0 Å². The molecule has 1 aromatic rings. The van der Waals surface area contributed by atoms with Crippen molar-refractivity contribution in [2.75, 3.05) is 32.8 Å². The highest BCUT2D eigenvalue weighted by molar-refractivity contribution is 5.29. The maximum absolute atomic E-state index is 9.72. The lowest BCUT2D eigenvalue weighted by molar-refractivity contribution is 0.0305. The van der Waals surface area contributed by atoms with Crippen molar-refractivity contribution in [3.8, 4) is 5.75 Å². The molecular formula is C15H24N2O2. The molecule has 1 atom stereocenters. The molecule has 1 saturated heterocycles. The minimum absolute atomic E-state index is 0.141. The van der Waals surface area contributed by atoms with Crippen molar-refractivity contribution in [3.63, 3.8) is 0 Å². The average molecular weight is 264 g/mol. The smallest absolute Gasteiger partial charge is 0.115 e. The van der Waals surface area contributed by atoms with Crippen LogP contribution in [0.4, 0.5) is 0 Å². The van der Waals surface area contributed by atoms with Gasteiger partial charge in [0.1, 0.15) is 5.75 Å². The number of hydrogen-bond acceptors (Lipinski definition) is 4. The first-order valence-corrected chi connectivity index (χ1v) is 6.89. The predicted octanol–water partition coefficient (Wildman–Crippen LogP) is 1.36. The largest absolute Gasteiger partial charge is 0.508 e. The fourth-order valence-electron chi connectivity index (χ4n) is 2.84. The van der Waals surface area contributed by atoms with Gasteiger partial charge in [-0.05, 0) is 17.7 Å². The number of aliphatic hydroxyl groups excluding tert-OH is 1. The Morgan fingerprint density at radius 1 is 1.21 bits per heavy atom. The summed E-state index contributed by atoms with van der Waals surface area (Å²) in [5.41, 5.74) is 0.938. The van der Waals surface area contributed by atoms with E-state index in [2.05, 4.69) is 24.1 Å². The summed E-state index contributed by atoms with van der Waals surface area (Å²) in [6, 6.07) is 7.52. The van der Waals surface area contributed by atoms with Gasteiger partial charge in [0.15, 0.2) is 0 Å². The van der Waals surface area contributed by atoms with Gasteiger partial charge in [-0.1, -0.05) is 26.0 Å². The minimum Gasteiger partial charge on any atom is -0.508 e. The molecule has 106 valence electrons. The summed E-state index contributed by atoms with van der Waals surface area (Å²) in [4.78, 5) is 2.42. The second kappa shape index (κ2) is 5.90. The van der Waals surface area contributed by atoms with E-state index in [0.29, 0.717) is 0 Å². The fraction of sp³-hybridized carbons (Fsp3) is 0.600. The van der Waals surface area contributed by atoms with Crippen LogP contribution in [0.5, 0.6) is 5.75 Å². The van der Waals surface area contributed by atoms with Gasteiger partial charge in [0, 0.05) is 44.2 Å². The summed E-state index contributed by atoms with van der Waals surface area (Å²) >= 11 is 0. The summed E-state index contributed by atoms with van der Waals surface area (Å²) in [6.07, 6.45) is 0. The number of benzene rings is 1. The lowest BCUT2D eigenvalue weighted by Gasteiger charge is -2.43. The number of rotatable bonds is 4. The maximum Gasteiger partial charge on any atom is 0.115 e. The van der Waals surface area contributed by atoms with Gasteiger partial charge < -0.3 is 15.5 Å². The summed E-state index contributed by atoms with van der Waals surface area (Å²) in [5, 5.41) is 22.5. The first-order valence-electron chi connectivity index (χ1n) is 6.89. The Kier molecular flexibility index (Phi) is 4.45. The third kappa shape index (κ3) is 3.26. The highest BCUT2D eigenvalue weighted by Gasteiger charge is 2.35. The Bertz CT molecular complexity index is 397. The molecule has 19 heavy (non-hydrogen) atoms. The van der Waals surface area contributed by atoms with Gasteiger partial charge in [0.25, 0.3) is 0 Å². The van der Waals surface area contributed by atoms with E-state index in [0.717, 1.165) is 31.7 Å². The van der Waals surface area contributed by atoms with E-state index in [1.54, 1.807) is 12.1 Å². The van der Waals surface area contributed by atoms with Crippen molar-refractivity contribution in [2.24, 2.45) is 5.41 Å². The van der Waals surface area contributed by atoms with Crippen molar-refractivity contribution in [1.29, 1.82) is 0 Å². The third-order valence-corrected chi connectivity index (χ3v) is 3.87. The third-order valence-electron chi connectivity index (χ3n) is 3.87. The summed E-state index contributed by atoms with van der Waals surface area (Å²) < 4.78 is 0. The molecule has 0 aromatic heterocycles. The number of aliphatic hydroxyl groups is 1. The van der Waals surface area contributed by atoms with Crippen LogP contribution in [0.2, 0.25) is 0 Å². The van der Waals surface area contributed by atoms with E-state index in [1.165, 1.54) is 0 Å². The normalized spacial score (nSPS) is 19.3. The molecule has 0 saturated carbocycles. The highest BCUT2D eigenvalue weighted by Crippen LogP contribution is 2.38. The van der Waals surface area contributed by atoms with E-state index >= 15 is 0 Å². The van der Waals surface area contributed by atoms with Crippen molar-refractivity contribution < 1.29 is 10.2 Å². The molecular weight excluding hydrogens is 240 g/mol. The van der Waals surface area contributed by atoms with Gasteiger partial charge >= 0.3 is 0 Å². The van der Waals surface area contributed by atoms with Gasteiger partial charge in [-0.15, -0.1) is 0 Å². The highest BCUT2D eigenvalue weighted by atomic mass is 16.3. The Labute approximate surface area is 115 Å². The molecule has 4 nitrogen and oxygen atoms in total. The monoisotopic (exact) mass is 264 g/mol. The van der Waals surface area contributed by atoms with Crippen LogP contribution >= 0.6 is 0 Å². The van der Waals surface area contributed by atoms with Crippen molar-refractivity contribution >= 4 is 0 Å². The molecule has 0 spiro atoms. The van der Waals surface area contributed by atoms with Crippen molar-refractivity contribution in [2.45, 2.75) is 19.9 Å². The zero-order chi connectivity index (χ0) is 13.9. The van der Waals surface area contributed by atoms with Crippen molar-refractivity contribution in [1.82, 2.24) is 10.2 Å². The predicted molar refractivity (Wildman–Crippen MR) is 76.2 cm³/mol. The Morgan fingerprint density at radius 3 is 2.32 bits per heavy atom. The molecule has 0 unspecified atom stereocenters. The summed E-state index contributed by atoms with van der Waals surface area (Å²) in [6.45, 7) is 8.25. The second-order valence-corrected chi connectivity index (χ2v) is 5.93. The number of nitrogens with one attached hydrogen (secondary N) is 1. The first-order chi connectivity index (χ1) is 9.04. The van der Waals surface area contributed by atoms with E-state index in [9.17, 15) is 10.2 Å². The van der Waals surface area contributed by atoms with Crippen LogP contribution in [0.15, 0.2) is 24.3 Å². The molecule has 1 aromatic carbocycles. The van der Waals surface area contributed by atoms with E-state index in [-0.39, 0.29) is 23.8 Å². The molecule has 0 aliphatic carbocycles. The Hall–Kier alpha value is -1.10. The summed E-state index contributed by atoms with van der Waals surface area (Å²) in [7, 11) is 0. The van der Waals surface area contributed by atoms with Crippen LogP contribution in [-0.2, 0) is 0 Å². The topological polar surface area (TPSA) is 55.7 Å². The Balaban J connectivity index is 2.30. The number of phenols is 1. The molecule has 1 heterocycles. The van der Waals surface area contributed by atoms with E-state index in [1.807, 2.05) is 12.1 Å². The number of phenolic OH excluding ortho intramolecular Hbond substituents is 1. The zero-order valence-electron chi connectivity index (χ0n) is 11.8. The van der Waals surface area contributed by atoms with Crippen molar-refractivity contribution in [3.05, 3.63) is 29.8 Å². The van der Waals surface area contributed by atoms with Gasteiger partial charge in [-0.3, -0.25) is 4.90 Å². The van der Waals surface area contributed by atoms with Gasteiger partial charge in [-0.25, -0.2) is 0 Å². The minimum atomic E-state index is -0.214. The Morgan fingerprint density at radius 2 is 1.79 bits per heavy atom. The quantitative estimate of drug-likeness (QED) is 0.768. The number of piperazine rings is 1. The molecule has 0 radical (unpaired) electrons. The standard InChI is InChI=1S/C15H24N2O2/c1-15(2,11-18)14(17-9-7-16-8-10-17)12-3-5-13(19)6-4-12/h3-6,14,16,18-19H,7-11H2,1-2H3/t14-/m0/s1. The second-order valence-electron chi connectivity index (χ2n) is 5.93. The molecule has 1 fully saturated rings. The maximum atomic E-state index is 9.72. The van der Waals surface area contributed by atoms with Crippen LogP contribution in [0.3, 0.4) is 0 Å². The fourth-order valence-corrected chi connectivity index (χ4v) is 2.84. The number of nitrogens with zero attached hydrogens (tertiary/aromatic N) is 1. The van der Waals surface area contributed by atoms with Gasteiger partial charge in [-0.2, -0.15) is 0 Å². The molecule has 1 aliphatic rings. The molecule has 3 N–H and O–H groups in total. The average Bonchev–Trinajstić information content (AvgIpc) is 2.42. The number of aromatic hydroxyl groups is 1. The lowest BCUT2D eigenvalue weighted by atomic mass is 9.79. The molecule has 0 bridgehead atoms. The lowest BCUT2D eigenvalue weighted by Crippen LogP contribution is -2.49. The zero-order valence-corrected chi connectivity index (χ0v) is 11.8. The van der Waals surface area contributed by atoms with Crippen LogP contribution < -0.4 is 5.32 Å². The molecule has 4 heteroatoms. The van der Waals surface area contributed by atoms with Crippen LogP contribution in [0.25, 0.3) is 0 Å². The first kappa shape index (κ1) is 14.3. The molecule has 0 amide bonds.